The van der Waals surface area contributed by atoms with Gasteiger partial charge in [0.1, 0.15) is 5.75 Å². The van der Waals surface area contributed by atoms with Gasteiger partial charge >= 0.3 is 0 Å². The minimum absolute atomic E-state index is 0.195. The van der Waals surface area contributed by atoms with Crippen LogP contribution in [0.1, 0.15) is 48.9 Å². The molecule has 1 aliphatic rings. The molecule has 0 N–H and O–H groups in total. The Morgan fingerprint density at radius 1 is 0.893 bits per heavy atom. The molecular weight excluding hydrogens is 344 g/mol. The number of hydrazone groups is 1. The zero-order chi connectivity index (χ0) is 19.5. The molecule has 28 heavy (non-hydrogen) atoms. The maximum Gasteiger partial charge on any atom is 0.118 e. The number of rotatable bonds is 5. The van der Waals surface area contributed by atoms with E-state index in [4.69, 9.17) is 9.84 Å². The fraction of sp³-hybridized carbons (Fsp3) is 0.240. The average molecular weight is 370 g/mol. The molecule has 0 saturated heterocycles. The zero-order valence-electron chi connectivity index (χ0n) is 16.7. The standard InChI is InChI=1S/C25H26N2O/c1-18(2)19-9-11-21(12-10-19)25-17-24(20-13-15-23(28-3)16-14-20)26-27(25)22-7-5-4-6-8-22/h4-16,18,25H,17H2,1-3H3. The van der Waals surface area contributed by atoms with Gasteiger partial charge in [-0.3, -0.25) is 5.01 Å². The number of benzene rings is 3. The molecule has 1 heterocycles. The van der Waals surface area contributed by atoms with Gasteiger partial charge in [0.15, 0.2) is 0 Å². The molecule has 3 nitrogen and oxygen atoms in total. The second-order valence-corrected chi connectivity index (χ2v) is 7.50. The molecule has 3 aromatic carbocycles. The van der Waals surface area contributed by atoms with Crippen LogP contribution in [-0.4, -0.2) is 12.8 Å². The number of hydrogen-bond acceptors (Lipinski definition) is 3. The molecule has 4 rings (SSSR count). The van der Waals surface area contributed by atoms with Gasteiger partial charge in [-0.05, 0) is 59.0 Å². The highest BCUT2D eigenvalue weighted by molar-refractivity contribution is 6.03. The van der Waals surface area contributed by atoms with E-state index in [1.165, 1.54) is 11.1 Å². The summed E-state index contributed by atoms with van der Waals surface area (Å²) in [7, 11) is 1.69. The average Bonchev–Trinajstić information content (AvgIpc) is 3.20. The molecule has 142 valence electrons. The lowest BCUT2D eigenvalue weighted by molar-refractivity contribution is 0.415. The van der Waals surface area contributed by atoms with Crippen molar-refractivity contribution >= 4 is 11.4 Å². The first-order valence-electron chi connectivity index (χ1n) is 9.82. The van der Waals surface area contributed by atoms with Crippen molar-refractivity contribution in [3.05, 3.63) is 95.6 Å². The van der Waals surface area contributed by atoms with Crippen LogP contribution in [0.3, 0.4) is 0 Å². The second kappa shape index (κ2) is 7.89. The smallest absolute Gasteiger partial charge is 0.118 e. The summed E-state index contributed by atoms with van der Waals surface area (Å²) in [6.07, 6.45) is 0.877. The van der Waals surface area contributed by atoms with Crippen molar-refractivity contribution in [2.45, 2.75) is 32.2 Å². The Morgan fingerprint density at radius 2 is 1.57 bits per heavy atom. The Kier molecular flexibility index (Phi) is 5.16. The SMILES string of the molecule is COc1ccc(C2=NN(c3ccccc3)C(c3ccc(C(C)C)cc3)C2)cc1. The van der Waals surface area contributed by atoms with Crippen molar-refractivity contribution in [3.63, 3.8) is 0 Å². The largest absolute Gasteiger partial charge is 0.497 e. The van der Waals surface area contributed by atoms with Crippen LogP contribution in [0, 0.1) is 0 Å². The molecule has 0 spiro atoms. The van der Waals surface area contributed by atoms with Gasteiger partial charge in [-0.1, -0.05) is 56.3 Å². The molecule has 1 unspecified atom stereocenters. The molecule has 0 aliphatic carbocycles. The topological polar surface area (TPSA) is 24.8 Å². The van der Waals surface area contributed by atoms with E-state index in [0.29, 0.717) is 5.92 Å². The normalized spacial score (nSPS) is 16.4. The lowest BCUT2D eigenvalue weighted by atomic mass is 9.95. The first-order valence-corrected chi connectivity index (χ1v) is 9.82. The van der Waals surface area contributed by atoms with Crippen molar-refractivity contribution in [1.29, 1.82) is 0 Å². The van der Waals surface area contributed by atoms with Crippen LogP contribution in [-0.2, 0) is 0 Å². The Morgan fingerprint density at radius 3 is 2.18 bits per heavy atom. The first kappa shape index (κ1) is 18.3. The Balaban J connectivity index is 1.69. The summed E-state index contributed by atoms with van der Waals surface area (Å²) in [6, 6.07) is 27.8. The monoisotopic (exact) mass is 370 g/mol. The van der Waals surface area contributed by atoms with Gasteiger partial charge in [-0.15, -0.1) is 0 Å². The maximum atomic E-state index is 5.29. The molecule has 0 aromatic heterocycles. The van der Waals surface area contributed by atoms with Crippen molar-refractivity contribution in [2.75, 3.05) is 12.1 Å². The quantitative estimate of drug-likeness (QED) is 0.536. The van der Waals surface area contributed by atoms with Crippen molar-refractivity contribution in [1.82, 2.24) is 0 Å². The minimum atomic E-state index is 0.195. The zero-order valence-corrected chi connectivity index (χ0v) is 16.7. The first-order chi connectivity index (χ1) is 13.7. The van der Waals surface area contributed by atoms with Crippen LogP contribution in [0.4, 0.5) is 5.69 Å². The van der Waals surface area contributed by atoms with E-state index in [1.807, 2.05) is 18.2 Å². The van der Waals surface area contributed by atoms with Crippen molar-refractivity contribution < 1.29 is 4.74 Å². The van der Waals surface area contributed by atoms with Gasteiger partial charge in [-0.2, -0.15) is 5.10 Å². The number of hydrogen-bond donors (Lipinski definition) is 0. The molecule has 3 aromatic rings. The van der Waals surface area contributed by atoms with Crippen molar-refractivity contribution in [3.8, 4) is 5.75 Å². The van der Waals surface area contributed by atoms with Crippen LogP contribution >= 0.6 is 0 Å². The number of nitrogens with zero attached hydrogens (tertiary/aromatic N) is 2. The van der Waals surface area contributed by atoms with Crippen molar-refractivity contribution in [2.24, 2.45) is 5.10 Å². The van der Waals surface area contributed by atoms with Gasteiger partial charge < -0.3 is 4.74 Å². The Labute approximate surface area is 167 Å². The third kappa shape index (κ3) is 3.65. The van der Waals surface area contributed by atoms with E-state index in [-0.39, 0.29) is 6.04 Å². The highest BCUT2D eigenvalue weighted by atomic mass is 16.5. The summed E-state index contributed by atoms with van der Waals surface area (Å²) in [4.78, 5) is 0. The summed E-state index contributed by atoms with van der Waals surface area (Å²) in [5.41, 5.74) is 6.02. The summed E-state index contributed by atoms with van der Waals surface area (Å²) in [5, 5.41) is 7.17. The fourth-order valence-electron chi connectivity index (χ4n) is 3.65. The minimum Gasteiger partial charge on any atom is -0.497 e. The molecule has 3 heteroatoms. The van der Waals surface area contributed by atoms with E-state index in [2.05, 4.69) is 79.5 Å². The summed E-state index contributed by atoms with van der Waals surface area (Å²) in [6.45, 7) is 4.46. The number of ether oxygens (including phenoxy) is 1. The van der Waals surface area contributed by atoms with E-state index >= 15 is 0 Å². The molecule has 1 atom stereocenters. The number of anilines is 1. The number of para-hydroxylation sites is 1. The lowest BCUT2D eigenvalue weighted by Crippen LogP contribution is -2.18. The Bertz CT molecular complexity index is 944. The molecule has 0 amide bonds. The third-order valence-corrected chi connectivity index (χ3v) is 5.34. The fourth-order valence-corrected chi connectivity index (χ4v) is 3.65. The summed E-state index contributed by atoms with van der Waals surface area (Å²) >= 11 is 0. The van der Waals surface area contributed by atoms with Gasteiger partial charge in [0.2, 0.25) is 0 Å². The van der Waals surface area contributed by atoms with Crippen LogP contribution in [0.5, 0.6) is 5.75 Å². The van der Waals surface area contributed by atoms with Crippen LogP contribution < -0.4 is 9.75 Å². The van der Waals surface area contributed by atoms with Crippen LogP contribution in [0.25, 0.3) is 0 Å². The third-order valence-electron chi connectivity index (χ3n) is 5.34. The van der Waals surface area contributed by atoms with E-state index in [0.717, 1.165) is 29.1 Å². The maximum absolute atomic E-state index is 5.29. The molecule has 0 saturated carbocycles. The molecular formula is C25H26N2O. The van der Waals surface area contributed by atoms with Gasteiger partial charge in [0.25, 0.3) is 0 Å². The highest BCUT2D eigenvalue weighted by Crippen LogP contribution is 2.37. The summed E-state index contributed by atoms with van der Waals surface area (Å²) in [5.74, 6) is 1.40. The lowest BCUT2D eigenvalue weighted by Gasteiger charge is -2.24. The van der Waals surface area contributed by atoms with Gasteiger partial charge in [-0.25, -0.2) is 0 Å². The van der Waals surface area contributed by atoms with E-state index in [1.54, 1.807) is 7.11 Å². The summed E-state index contributed by atoms with van der Waals surface area (Å²) < 4.78 is 5.29. The van der Waals surface area contributed by atoms with Crippen LogP contribution in [0.15, 0.2) is 84.0 Å². The molecule has 0 radical (unpaired) electrons. The van der Waals surface area contributed by atoms with E-state index in [9.17, 15) is 0 Å². The van der Waals surface area contributed by atoms with E-state index < -0.39 is 0 Å². The Hall–Kier alpha value is -3.07. The number of methoxy groups -OCH3 is 1. The van der Waals surface area contributed by atoms with Gasteiger partial charge in [0.05, 0.1) is 24.6 Å². The predicted molar refractivity (Wildman–Crippen MR) is 116 cm³/mol. The predicted octanol–water partition coefficient (Wildman–Crippen LogP) is 6.17. The molecule has 0 fully saturated rings. The second-order valence-electron chi connectivity index (χ2n) is 7.50. The highest BCUT2D eigenvalue weighted by Gasteiger charge is 2.29. The molecule has 0 bridgehead atoms. The van der Waals surface area contributed by atoms with Gasteiger partial charge in [0, 0.05) is 6.42 Å². The molecule has 1 aliphatic heterocycles. The van der Waals surface area contributed by atoms with Crippen LogP contribution in [0.2, 0.25) is 0 Å².